The Labute approximate surface area is 155 Å². The molecule has 4 nitrogen and oxygen atoms in total. The smallest absolute Gasteiger partial charge is 0.416 e. The maximum absolute atomic E-state index is 12.8. The predicted molar refractivity (Wildman–Crippen MR) is 94.0 cm³/mol. The van der Waals surface area contributed by atoms with Crippen molar-refractivity contribution in [3.63, 3.8) is 0 Å². The minimum absolute atomic E-state index is 0.0389. The zero-order chi connectivity index (χ0) is 19.9. The fourth-order valence-electron chi connectivity index (χ4n) is 2.55. The van der Waals surface area contributed by atoms with Crippen LogP contribution in [0.4, 0.5) is 13.2 Å². The van der Waals surface area contributed by atoms with Gasteiger partial charge in [0.15, 0.2) is 0 Å². The Hall–Kier alpha value is -2.83. The molecule has 7 heteroatoms. The normalized spacial score (nSPS) is 12.3. The molecule has 2 aromatic carbocycles. The second-order valence-electron chi connectivity index (χ2n) is 5.93. The lowest BCUT2D eigenvalue weighted by Gasteiger charge is -2.17. The highest BCUT2D eigenvalue weighted by Gasteiger charge is 2.31. The molecule has 0 saturated carbocycles. The first-order valence-electron chi connectivity index (χ1n) is 8.47. The van der Waals surface area contributed by atoms with Crippen molar-refractivity contribution < 1.29 is 27.5 Å². The maximum Gasteiger partial charge on any atom is 0.416 e. The van der Waals surface area contributed by atoms with Gasteiger partial charge in [0.1, 0.15) is 0 Å². The van der Waals surface area contributed by atoms with E-state index in [0.717, 1.165) is 17.7 Å². The van der Waals surface area contributed by atoms with Crippen molar-refractivity contribution in [2.24, 2.45) is 5.92 Å². The zero-order valence-electron chi connectivity index (χ0n) is 14.8. The molecule has 0 aliphatic carbocycles. The molecule has 0 bridgehead atoms. The number of alkyl halides is 3. The van der Waals surface area contributed by atoms with Crippen LogP contribution in [0.5, 0.6) is 0 Å². The number of carbonyl (C=O) groups excluding carboxylic acids is 2. The number of carbonyl (C=O) groups is 2. The summed E-state index contributed by atoms with van der Waals surface area (Å²) in [7, 11) is 0. The van der Waals surface area contributed by atoms with Gasteiger partial charge in [-0.15, -0.1) is 0 Å². The highest BCUT2D eigenvalue weighted by atomic mass is 19.4. The van der Waals surface area contributed by atoms with Gasteiger partial charge in [0.2, 0.25) is 0 Å². The summed E-state index contributed by atoms with van der Waals surface area (Å²) in [6.45, 7) is 1.84. The number of nitrogens with one attached hydrogen (secondary N) is 1. The van der Waals surface area contributed by atoms with E-state index in [1.165, 1.54) is 12.1 Å². The lowest BCUT2D eigenvalue weighted by Crippen LogP contribution is -2.35. The average Bonchev–Trinajstić information content (AvgIpc) is 2.65. The molecule has 0 aliphatic heterocycles. The number of hydrogen-bond acceptors (Lipinski definition) is 3. The van der Waals surface area contributed by atoms with E-state index in [0.29, 0.717) is 6.42 Å². The Morgan fingerprint density at radius 1 is 1.07 bits per heavy atom. The van der Waals surface area contributed by atoms with Crippen LogP contribution in [-0.4, -0.2) is 25.0 Å². The summed E-state index contributed by atoms with van der Waals surface area (Å²) in [5.41, 5.74) is -0.127. The molecule has 27 heavy (non-hydrogen) atoms. The summed E-state index contributed by atoms with van der Waals surface area (Å²) < 4.78 is 43.4. The summed E-state index contributed by atoms with van der Waals surface area (Å²) >= 11 is 0. The van der Waals surface area contributed by atoms with E-state index in [4.69, 9.17) is 4.74 Å². The van der Waals surface area contributed by atoms with Crippen LogP contribution in [0.2, 0.25) is 0 Å². The molecule has 0 saturated heterocycles. The van der Waals surface area contributed by atoms with Gasteiger partial charge < -0.3 is 10.1 Å². The van der Waals surface area contributed by atoms with Gasteiger partial charge in [-0.3, -0.25) is 9.59 Å². The van der Waals surface area contributed by atoms with Crippen LogP contribution in [0.1, 0.15) is 28.4 Å². The fraction of sp³-hybridized carbons (Fsp3) is 0.300. The highest BCUT2D eigenvalue weighted by Crippen LogP contribution is 2.29. The summed E-state index contributed by atoms with van der Waals surface area (Å²) in [5, 5.41) is 2.53. The SMILES string of the molecule is CCOC(=O)[C@@H](CNC(=O)c1cccc(C(F)(F)F)c1)Cc1ccccc1. The Morgan fingerprint density at radius 2 is 1.78 bits per heavy atom. The van der Waals surface area contributed by atoms with E-state index in [1.54, 1.807) is 6.92 Å². The second-order valence-corrected chi connectivity index (χ2v) is 5.93. The van der Waals surface area contributed by atoms with Crippen LogP contribution in [0.3, 0.4) is 0 Å². The van der Waals surface area contributed by atoms with Crippen molar-refractivity contribution in [2.45, 2.75) is 19.5 Å². The lowest BCUT2D eigenvalue weighted by atomic mass is 9.99. The summed E-state index contributed by atoms with van der Waals surface area (Å²) in [5.74, 6) is -1.78. The fourth-order valence-corrected chi connectivity index (χ4v) is 2.55. The first-order valence-corrected chi connectivity index (χ1v) is 8.47. The molecule has 2 aromatic rings. The van der Waals surface area contributed by atoms with Gasteiger partial charge in [0.25, 0.3) is 5.91 Å². The number of hydrogen-bond donors (Lipinski definition) is 1. The molecule has 0 heterocycles. The second kappa shape index (κ2) is 9.21. The van der Waals surface area contributed by atoms with Gasteiger partial charge in [-0.25, -0.2) is 0 Å². The molecule has 1 amide bonds. The van der Waals surface area contributed by atoms with Crippen LogP contribution in [-0.2, 0) is 22.1 Å². The van der Waals surface area contributed by atoms with Crippen molar-refractivity contribution in [3.05, 3.63) is 71.3 Å². The Kier molecular flexibility index (Phi) is 6.98. The lowest BCUT2D eigenvalue weighted by molar-refractivity contribution is -0.147. The van der Waals surface area contributed by atoms with Crippen molar-refractivity contribution in [1.82, 2.24) is 5.32 Å². The minimum atomic E-state index is -4.53. The Balaban J connectivity index is 2.07. The largest absolute Gasteiger partial charge is 0.466 e. The first kappa shape index (κ1) is 20.5. The average molecular weight is 379 g/mol. The number of esters is 1. The van der Waals surface area contributed by atoms with E-state index in [2.05, 4.69) is 5.32 Å². The van der Waals surface area contributed by atoms with Crippen LogP contribution in [0.15, 0.2) is 54.6 Å². The van der Waals surface area contributed by atoms with Gasteiger partial charge in [0, 0.05) is 12.1 Å². The highest BCUT2D eigenvalue weighted by molar-refractivity contribution is 5.94. The van der Waals surface area contributed by atoms with Gasteiger partial charge in [-0.1, -0.05) is 36.4 Å². The molecule has 1 atom stereocenters. The number of halogens is 3. The third kappa shape index (κ3) is 6.13. The third-order valence-corrected chi connectivity index (χ3v) is 3.91. The van der Waals surface area contributed by atoms with Crippen molar-refractivity contribution in [1.29, 1.82) is 0 Å². The topological polar surface area (TPSA) is 55.4 Å². The molecule has 0 radical (unpaired) electrons. The maximum atomic E-state index is 12.8. The van der Waals surface area contributed by atoms with Crippen LogP contribution in [0.25, 0.3) is 0 Å². The molecule has 0 unspecified atom stereocenters. The Bertz CT molecular complexity index is 776. The van der Waals surface area contributed by atoms with Gasteiger partial charge in [0.05, 0.1) is 18.1 Å². The number of rotatable bonds is 7. The molecule has 1 N–H and O–H groups in total. The van der Waals surface area contributed by atoms with E-state index in [9.17, 15) is 22.8 Å². The molecule has 0 aromatic heterocycles. The minimum Gasteiger partial charge on any atom is -0.466 e. The zero-order valence-corrected chi connectivity index (χ0v) is 14.8. The molecule has 144 valence electrons. The number of benzene rings is 2. The van der Waals surface area contributed by atoms with E-state index in [-0.39, 0.29) is 18.7 Å². The van der Waals surface area contributed by atoms with Crippen LogP contribution >= 0.6 is 0 Å². The van der Waals surface area contributed by atoms with Crippen molar-refractivity contribution >= 4 is 11.9 Å². The summed E-state index contributed by atoms with van der Waals surface area (Å²) in [6, 6.07) is 13.3. The van der Waals surface area contributed by atoms with Crippen molar-refractivity contribution in [2.75, 3.05) is 13.2 Å². The quantitative estimate of drug-likeness (QED) is 0.744. The number of amides is 1. The van der Waals surface area contributed by atoms with Gasteiger partial charge >= 0.3 is 12.1 Å². The predicted octanol–water partition coefficient (Wildman–Crippen LogP) is 3.86. The third-order valence-electron chi connectivity index (χ3n) is 3.91. The molecule has 0 aliphatic rings. The van der Waals surface area contributed by atoms with E-state index in [1.807, 2.05) is 30.3 Å². The summed E-state index contributed by atoms with van der Waals surface area (Å²) in [6.07, 6.45) is -4.18. The van der Waals surface area contributed by atoms with E-state index < -0.39 is 29.5 Å². The monoisotopic (exact) mass is 379 g/mol. The molecular weight excluding hydrogens is 359 g/mol. The van der Waals surface area contributed by atoms with Crippen LogP contribution in [0, 0.1) is 5.92 Å². The van der Waals surface area contributed by atoms with Gasteiger partial charge in [-0.05, 0) is 37.1 Å². The van der Waals surface area contributed by atoms with Crippen LogP contribution < -0.4 is 5.32 Å². The molecule has 2 rings (SSSR count). The molecule has 0 fully saturated rings. The van der Waals surface area contributed by atoms with E-state index >= 15 is 0 Å². The molecular formula is C20H20F3NO3. The van der Waals surface area contributed by atoms with Crippen molar-refractivity contribution in [3.8, 4) is 0 Å². The standard InChI is InChI=1S/C20H20F3NO3/c1-2-27-19(26)16(11-14-7-4-3-5-8-14)13-24-18(25)15-9-6-10-17(12-15)20(21,22)23/h3-10,12,16H,2,11,13H2,1H3,(H,24,25)/t16-/m1/s1. The first-order chi connectivity index (χ1) is 12.8. The summed E-state index contributed by atoms with van der Waals surface area (Å²) in [4.78, 5) is 24.4. The number of ether oxygens (including phenoxy) is 1. The molecule has 0 spiro atoms. The van der Waals surface area contributed by atoms with Gasteiger partial charge in [-0.2, -0.15) is 13.2 Å². The Morgan fingerprint density at radius 3 is 2.41 bits per heavy atom.